The minimum absolute atomic E-state index is 0.177. The molecule has 2 aromatic rings. The van der Waals surface area contributed by atoms with Crippen LogP contribution >= 0.6 is 11.6 Å². The molecule has 0 aliphatic carbocycles. The van der Waals surface area contributed by atoms with E-state index < -0.39 is 5.82 Å². The summed E-state index contributed by atoms with van der Waals surface area (Å²) in [5.41, 5.74) is 2.08. The third-order valence-corrected chi connectivity index (χ3v) is 2.91. The molecule has 0 bridgehead atoms. The van der Waals surface area contributed by atoms with Crippen molar-refractivity contribution in [3.05, 3.63) is 65.0 Å². The van der Waals surface area contributed by atoms with Crippen LogP contribution in [-0.2, 0) is 12.5 Å². The van der Waals surface area contributed by atoms with Crippen molar-refractivity contribution in [2.45, 2.75) is 12.5 Å². The molecule has 0 heterocycles. The number of hydrogen-bond acceptors (Lipinski definition) is 2. The van der Waals surface area contributed by atoms with Gasteiger partial charge in [-0.15, -0.1) is 11.6 Å². The lowest BCUT2D eigenvalue weighted by Gasteiger charge is -2.08. The van der Waals surface area contributed by atoms with E-state index in [1.165, 1.54) is 6.07 Å². The van der Waals surface area contributed by atoms with Crippen molar-refractivity contribution in [1.29, 1.82) is 5.26 Å². The Balaban J connectivity index is 2.08. The van der Waals surface area contributed by atoms with E-state index in [4.69, 9.17) is 21.6 Å². The number of nitriles is 1. The summed E-state index contributed by atoms with van der Waals surface area (Å²) in [6.45, 7) is 0.215. The molecule has 96 valence electrons. The minimum Gasteiger partial charge on any atom is -0.486 e. The van der Waals surface area contributed by atoms with Gasteiger partial charge in [-0.05, 0) is 35.4 Å². The summed E-state index contributed by atoms with van der Waals surface area (Å²) in [7, 11) is 0. The van der Waals surface area contributed by atoms with E-state index in [1.54, 1.807) is 30.3 Å². The molecule has 0 radical (unpaired) electrons. The summed E-state index contributed by atoms with van der Waals surface area (Å²) < 4.78 is 19.0. The molecule has 0 aliphatic rings. The first-order valence-corrected chi connectivity index (χ1v) is 6.22. The Labute approximate surface area is 116 Å². The summed E-state index contributed by atoms with van der Waals surface area (Å²) in [5, 5.41) is 8.79. The van der Waals surface area contributed by atoms with Crippen LogP contribution in [0.2, 0.25) is 0 Å². The fourth-order valence-corrected chi connectivity index (χ4v) is 1.80. The van der Waals surface area contributed by atoms with E-state index in [2.05, 4.69) is 0 Å². The lowest BCUT2D eigenvalue weighted by atomic mass is 10.1. The smallest absolute Gasteiger partial charge is 0.165 e. The molecule has 0 aliphatic heterocycles. The average Bonchev–Trinajstić information content (AvgIpc) is 2.46. The lowest BCUT2D eigenvalue weighted by Crippen LogP contribution is -1.98. The van der Waals surface area contributed by atoms with Gasteiger partial charge in [0.15, 0.2) is 11.6 Å². The maximum Gasteiger partial charge on any atom is 0.165 e. The number of rotatable bonds is 4. The van der Waals surface area contributed by atoms with Crippen LogP contribution in [0, 0.1) is 17.1 Å². The summed E-state index contributed by atoms with van der Waals surface area (Å²) in [5.74, 6) is 0.00679. The number of benzene rings is 2. The molecule has 4 heteroatoms. The maximum atomic E-state index is 13.6. The van der Waals surface area contributed by atoms with Crippen molar-refractivity contribution in [3.8, 4) is 11.8 Å². The molecule has 0 N–H and O–H groups in total. The van der Waals surface area contributed by atoms with E-state index in [9.17, 15) is 4.39 Å². The van der Waals surface area contributed by atoms with Crippen molar-refractivity contribution in [2.75, 3.05) is 0 Å². The van der Waals surface area contributed by atoms with Gasteiger partial charge in [0.05, 0.1) is 11.6 Å². The van der Waals surface area contributed by atoms with Gasteiger partial charge in [-0.25, -0.2) is 4.39 Å². The minimum atomic E-state index is -0.436. The molecular weight excluding hydrogens is 265 g/mol. The summed E-state index contributed by atoms with van der Waals surface area (Å²) in [6, 6.07) is 13.7. The zero-order chi connectivity index (χ0) is 13.7. The van der Waals surface area contributed by atoms with Crippen molar-refractivity contribution >= 4 is 11.6 Å². The van der Waals surface area contributed by atoms with E-state index in [-0.39, 0.29) is 18.2 Å². The monoisotopic (exact) mass is 275 g/mol. The van der Waals surface area contributed by atoms with Gasteiger partial charge in [0.1, 0.15) is 6.61 Å². The van der Waals surface area contributed by atoms with Crippen LogP contribution in [0.15, 0.2) is 42.5 Å². The molecule has 0 spiro atoms. The lowest BCUT2D eigenvalue weighted by molar-refractivity contribution is 0.290. The van der Waals surface area contributed by atoms with Crippen molar-refractivity contribution in [3.63, 3.8) is 0 Å². The van der Waals surface area contributed by atoms with Gasteiger partial charge >= 0.3 is 0 Å². The average molecular weight is 276 g/mol. The zero-order valence-electron chi connectivity index (χ0n) is 10.1. The fraction of sp³-hybridized carbons (Fsp3) is 0.133. The van der Waals surface area contributed by atoms with E-state index in [0.29, 0.717) is 11.1 Å². The van der Waals surface area contributed by atoms with Gasteiger partial charge in [-0.1, -0.05) is 18.2 Å². The number of halogens is 2. The van der Waals surface area contributed by atoms with Crippen LogP contribution in [0.4, 0.5) is 4.39 Å². The highest BCUT2D eigenvalue weighted by Gasteiger charge is 2.05. The molecule has 0 aromatic heterocycles. The predicted molar refractivity (Wildman–Crippen MR) is 71.4 cm³/mol. The third-order valence-electron chi connectivity index (χ3n) is 2.60. The van der Waals surface area contributed by atoms with Gasteiger partial charge in [0.2, 0.25) is 0 Å². The summed E-state index contributed by atoms with van der Waals surface area (Å²) >= 11 is 5.62. The summed E-state index contributed by atoms with van der Waals surface area (Å²) in [6.07, 6.45) is 0. The van der Waals surface area contributed by atoms with Crippen LogP contribution in [0.3, 0.4) is 0 Å². The third kappa shape index (κ3) is 3.46. The van der Waals surface area contributed by atoms with E-state index in [1.807, 2.05) is 12.1 Å². The standard InChI is InChI=1S/C15H11ClFNO/c16-8-11-4-5-15(14(17)7-11)19-10-13-3-1-2-12(6-13)9-18/h1-7H,8,10H2. The Bertz CT molecular complexity index is 622. The second-order valence-corrected chi connectivity index (χ2v) is 4.27. The number of ether oxygens (including phenoxy) is 1. The molecule has 2 rings (SSSR count). The number of hydrogen-bond donors (Lipinski definition) is 0. The predicted octanol–water partition coefficient (Wildman–Crippen LogP) is 4.02. The van der Waals surface area contributed by atoms with Crippen molar-refractivity contribution in [1.82, 2.24) is 0 Å². The number of nitrogens with zero attached hydrogens (tertiary/aromatic N) is 1. The van der Waals surface area contributed by atoms with E-state index in [0.717, 1.165) is 5.56 Å². The van der Waals surface area contributed by atoms with Gasteiger partial charge in [-0.3, -0.25) is 0 Å². The SMILES string of the molecule is N#Cc1cccc(COc2ccc(CCl)cc2F)c1. The molecule has 0 amide bonds. The highest BCUT2D eigenvalue weighted by Crippen LogP contribution is 2.20. The van der Waals surface area contributed by atoms with Crippen molar-refractivity contribution in [2.24, 2.45) is 0 Å². The molecule has 19 heavy (non-hydrogen) atoms. The maximum absolute atomic E-state index is 13.6. The molecule has 2 nitrogen and oxygen atoms in total. The first-order chi connectivity index (χ1) is 9.22. The molecule has 0 saturated heterocycles. The quantitative estimate of drug-likeness (QED) is 0.790. The van der Waals surface area contributed by atoms with Crippen LogP contribution < -0.4 is 4.74 Å². The molecule has 0 saturated carbocycles. The largest absolute Gasteiger partial charge is 0.486 e. The molecule has 0 fully saturated rings. The highest BCUT2D eigenvalue weighted by atomic mass is 35.5. The fourth-order valence-electron chi connectivity index (χ4n) is 1.64. The molecule has 2 aromatic carbocycles. The second kappa shape index (κ2) is 6.21. The van der Waals surface area contributed by atoms with Crippen LogP contribution in [0.25, 0.3) is 0 Å². The molecule has 0 atom stereocenters. The highest BCUT2D eigenvalue weighted by molar-refractivity contribution is 6.17. The first kappa shape index (κ1) is 13.4. The van der Waals surface area contributed by atoms with Gasteiger partial charge in [-0.2, -0.15) is 5.26 Å². The molecular formula is C15H11ClFNO. The van der Waals surface area contributed by atoms with Gasteiger partial charge < -0.3 is 4.74 Å². The van der Waals surface area contributed by atoms with Gasteiger partial charge in [0, 0.05) is 5.88 Å². The Morgan fingerprint density at radius 3 is 2.68 bits per heavy atom. The number of alkyl halides is 1. The van der Waals surface area contributed by atoms with Crippen LogP contribution in [-0.4, -0.2) is 0 Å². The van der Waals surface area contributed by atoms with Crippen molar-refractivity contribution < 1.29 is 9.13 Å². The zero-order valence-corrected chi connectivity index (χ0v) is 10.8. The summed E-state index contributed by atoms with van der Waals surface area (Å²) in [4.78, 5) is 0. The van der Waals surface area contributed by atoms with Gasteiger partial charge in [0.25, 0.3) is 0 Å². The van der Waals surface area contributed by atoms with E-state index >= 15 is 0 Å². The van der Waals surface area contributed by atoms with Crippen LogP contribution in [0.1, 0.15) is 16.7 Å². The second-order valence-electron chi connectivity index (χ2n) is 4.00. The topological polar surface area (TPSA) is 33.0 Å². The Morgan fingerprint density at radius 1 is 1.16 bits per heavy atom. The first-order valence-electron chi connectivity index (χ1n) is 5.69. The van der Waals surface area contributed by atoms with Crippen LogP contribution in [0.5, 0.6) is 5.75 Å². The Kier molecular flexibility index (Phi) is 4.38. The Hall–Kier alpha value is -2.05. The normalized spacial score (nSPS) is 9.95. The Morgan fingerprint density at radius 2 is 2.00 bits per heavy atom. The molecule has 0 unspecified atom stereocenters.